The monoisotopic (exact) mass is 314 g/mol. The summed E-state index contributed by atoms with van der Waals surface area (Å²) in [7, 11) is 0. The van der Waals surface area contributed by atoms with Crippen LogP contribution in [0.3, 0.4) is 0 Å². The van der Waals surface area contributed by atoms with E-state index in [1.54, 1.807) is 0 Å². The minimum absolute atomic E-state index is 0.0115. The number of alkyl halides is 6. The normalized spacial score (nSPS) is 12.0. The maximum absolute atomic E-state index is 12.9. The molecule has 6 heteroatoms. The molecule has 0 bridgehead atoms. The van der Waals surface area contributed by atoms with Crippen molar-refractivity contribution in [3.63, 3.8) is 0 Å². The number of hydrogen-bond acceptors (Lipinski definition) is 0. The first-order chi connectivity index (χ1) is 10.1. The van der Waals surface area contributed by atoms with Gasteiger partial charge in [-0.25, -0.2) is 0 Å². The van der Waals surface area contributed by atoms with Crippen molar-refractivity contribution in [1.29, 1.82) is 0 Å². The maximum atomic E-state index is 12.9. The van der Waals surface area contributed by atoms with E-state index >= 15 is 0 Å². The average Bonchev–Trinajstić information content (AvgIpc) is 2.45. The Morgan fingerprint density at radius 2 is 1.41 bits per heavy atom. The molecule has 0 aliphatic carbocycles. The Bertz CT molecular complexity index is 732. The van der Waals surface area contributed by atoms with Crippen LogP contribution in [0.25, 0.3) is 11.1 Å². The van der Waals surface area contributed by atoms with Crippen LogP contribution in [-0.2, 0) is 12.4 Å². The highest BCUT2D eigenvalue weighted by Crippen LogP contribution is 2.36. The van der Waals surface area contributed by atoms with E-state index in [1.807, 2.05) is 5.92 Å². The molecule has 114 valence electrons. The second-order valence-corrected chi connectivity index (χ2v) is 4.48. The van der Waals surface area contributed by atoms with Crippen LogP contribution < -0.4 is 0 Å². The zero-order chi connectivity index (χ0) is 16.5. The third-order valence-electron chi connectivity index (χ3n) is 3.00. The fourth-order valence-corrected chi connectivity index (χ4v) is 1.96. The van der Waals surface area contributed by atoms with E-state index < -0.39 is 23.5 Å². The molecule has 0 aromatic heterocycles. The summed E-state index contributed by atoms with van der Waals surface area (Å²) in [5.41, 5.74) is -2.30. The van der Waals surface area contributed by atoms with Gasteiger partial charge in [0, 0.05) is 5.56 Å². The van der Waals surface area contributed by atoms with Crippen LogP contribution in [0.1, 0.15) is 16.7 Å². The SMILES string of the molecule is C#Cc1ccc(-c2cccc(C(F)(F)F)c2)cc1C(F)(F)F. The smallest absolute Gasteiger partial charge is 0.166 e. The molecule has 2 aromatic rings. The summed E-state index contributed by atoms with van der Waals surface area (Å²) in [5.74, 6) is 1.92. The number of benzene rings is 2. The molecule has 0 atom stereocenters. The van der Waals surface area contributed by atoms with Gasteiger partial charge in [-0.2, -0.15) is 26.3 Å². The molecule has 0 fully saturated rings. The first kappa shape index (κ1) is 16.0. The highest BCUT2D eigenvalue weighted by molar-refractivity contribution is 5.67. The lowest BCUT2D eigenvalue weighted by molar-refractivity contribution is -0.138. The van der Waals surface area contributed by atoms with Gasteiger partial charge in [0.15, 0.2) is 0 Å². The summed E-state index contributed by atoms with van der Waals surface area (Å²) in [6, 6.07) is 7.18. The number of terminal acetylenes is 1. The summed E-state index contributed by atoms with van der Waals surface area (Å²) in [6.45, 7) is 0. The lowest BCUT2D eigenvalue weighted by Crippen LogP contribution is -2.08. The van der Waals surface area contributed by atoms with Crippen molar-refractivity contribution in [2.75, 3.05) is 0 Å². The molecule has 0 saturated carbocycles. The van der Waals surface area contributed by atoms with Gasteiger partial charge in [0.25, 0.3) is 0 Å². The van der Waals surface area contributed by atoms with Crippen molar-refractivity contribution in [3.05, 3.63) is 59.2 Å². The Balaban J connectivity index is 2.58. The van der Waals surface area contributed by atoms with Gasteiger partial charge in [0.1, 0.15) is 0 Å². The number of hydrogen-bond donors (Lipinski definition) is 0. The van der Waals surface area contributed by atoms with Gasteiger partial charge in [-0.3, -0.25) is 0 Å². The molecular weight excluding hydrogens is 306 g/mol. The van der Waals surface area contributed by atoms with E-state index in [2.05, 4.69) is 0 Å². The van der Waals surface area contributed by atoms with Crippen LogP contribution in [-0.4, -0.2) is 0 Å². The minimum Gasteiger partial charge on any atom is -0.166 e. The Kier molecular flexibility index (Phi) is 3.92. The van der Waals surface area contributed by atoms with E-state index in [4.69, 9.17) is 6.42 Å². The van der Waals surface area contributed by atoms with E-state index in [0.29, 0.717) is 0 Å². The van der Waals surface area contributed by atoms with Crippen molar-refractivity contribution in [3.8, 4) is 23.5 Å². The zero-order valence-electron chi connectivity index (χ0n) is 10.9. The third-order valence-corrected chi connectivity index (χ3v) is 3.00. The van der Waals surface area contributed by atoms with Gasteiger partial charge in [0.2, 0.25) is 0 Å². The van der Waals surface area contributed by atoms with Crippen molar-refractivity contribution in [2.45, 2.75) is 12.4 Å². The van der Waals surface area contributed by atoms with Crippen LogP contribution in [0.15, 0.2) is 42.5 Å². The average molecular weight is 314 g/mol. The van der Waals surface area contributed by atoms with Crippen molar-refractivity contribution in [2.24, 2.45) is 0 Å². The summed E-state index contributed by atoms with van der Waals surface area (Å²) in [5, 5.41) is 0. The predicted octanol–water partition coefficient (Wildman–Crippen LogP) is 5.37. The second-order valence-electron chi connectivity index (χ2n) is 4.48. The molecule has 0 nitrogen and oxygen atoms in total. The standard InChI is InChI=1S/C16H8F6/c1-2-10-6-7-12(9-14(10)16(20,21)22)11-4-3-5-13(8-11)15(17,18)19/h1,3-9H. The van der Waals surface area contributed by atoms with Crippen LogP contribution in [0.4, 0.5) is 26.3 Å². The first-order valence-corrected chi connectivity index (χ1v) is 5.98. The Morgan fingerprint density at radius 1 is 0.773 bits per heavy atom. The van der Waals surface area contributed by atoms with Crippen molar-refractivity contribution >= 4 is 0 Å². The maximum Gasteiger partial charge on any atom is 0.417 e. The quantitative estimate of drug-likeness (QED) is 0.490. The lowest BCUT2D eigenvalue weighted by atomic mass is 9.97. The number of halogens is 6. The topological polar surface area (TPSA) is 0 Å². The van der Waals surface area contributed by atoms with Gasteiger partial charge in [-0.1, -0.05) is 24.1 Å². The van der Waals surface area contributed by atoms with Crippen LogP contribution in [0.5, 0.6) is 0 Å². The fourth-order valence-electron chi connectivity index (χ4n) is 1.96. The molecule has 0 radical (unpaired) electrons. The molecule has 0 unspecified atom stereocenters. The number of rotatable bonds is 1. The Morgan fingerprint density at radius 3 is 1.95 bits per heavy atom. The lowest BCUT2D eigenvalue weighted by Gasteiger charge is -2.13. The summed E-state index contributed by atoms with van der Waals surface area (Å²) >= 11 is 0. The second kappa shape index (κ2) is 5.41. The van der Waals surface area contributed by atoms with Gasteiger partial charge < -0.3 is 0 Å². The van der Waals surface area contributed by atoms with Gasteiger partial charge >= 0.3 is 12.4 Å². The Labute approximate surface area is 122 Å². The highest BCUT2D eigenvalue weighted by Gasteiger charge is 2.34. The molecular formula is C16H8F6. The molecule has 0 aliphatic heterocycles. The van der Waals surface area contributed by atoms with E-state index in [-0.39, 0.29) is 16.7 Å². The highest BCUT2D eigenvalue weighted by atomic mass is 19.4. The van der Waals surface area contributed by atoms with Gasteiger partial charge in [-0.05, 0) is 35.4 Å². The van der Waals surface area contributed by atoms with Gasteiger partial charge in [-0.15, -0.1) is 6.42 Å². The molecule has 0 spiro atoms. The molecule has 0 saturated heterocycles. The largest absolute Gasteiger partial charge is 0.417 e. The minimum atomic E-state index is -4.68. The van der Waals surface area contributed by atoms with Crippen LogP contribution >= 0.6 is 0 Å². The first-order valence-electron chi connectivity index (χ1n) is 5.98. The molecule has 0 aliphatic rings. The molecule has 0 amide bonds. The van der Waals surface area contributed by atoms with E-state index in [1.165, 1.54) is 12.1 Å². The molecule has 0 heterocycles. The van der Waals surface area contributed by atoms with Crippen molar-refractivity contribution < 1.29 is 26.3 Å². The van der Waals surface area contributed by atoms with Crippen LogP contribution in [0.2, 0.25) is 0 Å². The van der Waals surface area contributed by atoms with E-state index in [9.17, 15) is 26.3 Å². The fraction of sp³-hybridized carbons (Fsp3) is 0.125. The zero-order valence-corrected chi connectivity index (χ0v) is 10.9. The summed E-state index contributed by atoms with van der Waals surface area (Å²) < 4.78 is 76.8. The molecule has 0 N–H and O–H groups in total. The molecule has 2 aromatic carbocycles. The van der Waals surface area contributed by atoms with Crippen molar-refractivity contribution in [1.82, 2.24) is 0 Å². The molecule has 2 rings (SSSR count). The molecule has 22 heavy (non-hydrogen) atoms. The Hall–Kier alpha value is -2.42. The van der Waals surface area contributed by atoms with E-state index in [0.717, 1.165) is 30.3 Å². The summed E-state index contributed by atoms with van der Waals surface area (Å²) in [6.07, 6.45) is -4.23. The predicted molar refractivity (Wildman–Crippen MR) is 69.8 cm³/mol. The summed E-state index contributed by atoms with van der Waals surface area (Å²) in [4.78, 5) is 0. The van der Waals surface area contributed by atoms with Gasteiger partial charge in [0.05, 0.1) is 11.1 Å². The third kappa shape index (κ3) is 3.25. The van der Waals surface area contributed by atoms with Crippen LogP contribution in [0, 0.1) is 12.3 Å².